The highest BCUT2D eigenvalue weighted by Crippen LogP contribution is 2.46. The lowest BCUT2D eigenvalue weighted by atomic mass is 9.63. The van der Waals surface area contributed by atoms with Crippen LogP contribution in [0.2, 0.25) is 0 Å². The van der Waals surface area contributed by atoms with Gasteiger partial charge in [-0.05, 0) is 43.9 Å². The van der Waals surface area contributed by atoms with Crippen molar-refractivity contribution in [2.24, 2.45) is 17.9 Å². The van der Waals surface area contributed by atoms with Crippen LogP contribution in [0.5, 0.6) is 0 Å². The first-order chi connectivity index (χ1) is 9.10. The topological polar surface area (TPSA) is 29.9 Å². The fourth-order valence-corrected chi connectivity index (χ4v) is 4.35. The molecule has 20 heavy (non-hydrogen) atoms. The van der Waals surface area contributed by atoms with Gasteiger partial charge in [-0.1, -0.05) is 27.7 Å². The summed E-state index contributed by atoms with van der Waals surface area (Å²) < 4.78 is 1.96. The molecule has 0 saturated heterocycles. The fourth-order valence-electron chi connectivity index (χ4n) is 4.35. The van der Waals surface area contributed by atoms with E-state index in [0.29, 0.717) is 22.9 Å². The minimum atomic E-state index is 0.374. The molecule has 3 heteroatoms. The first kappa shape index (κ1) is 15.6. The van der Waals surface area contributed by atoms with E-state index in [1.807, 2.05) is 17.9 Å². The molecule has 1 aromatic rings. The maximum Gasteiger partial charge on any atom is 0.0540 e. The molecule has 1 saturated carbocycles. The Kier molecular flexibility index (Phi) is 4.03. The minimum absolute atomic E-state index is 0.374. The van der Waals surface area contributed by atoms with Gasteiger partial charge in [0.25, 0.3) is 0 Å². The molecule has 0 radical (unpaired) electrons. The summed E-state index contributed by atoms with van der Waals surface area (Å²) in [4.78, 5) is 0. The van der Waals surface area contributed by atoms with Crippen molar-refractivity contribution in [3.63, 3.8) is 0 Å². The second-order valence-corrected chi connectivity index (χ2v) is 8.31. The van der Waals surface area contributed by atoms with Crippen molar-refractivity contribution in [2.75, 3.05) is 0 Å². The molecule has 1 aliphatic carbocycles. The number of aryl methyl sites for hydroxylation is 1. The maximum atomic E-state index is 4.36. The Morgan fingerprint density at radius 1 is 1.25 bits per heavy atom. The van der Waals surface area contributed by atoms with Crippen molar-refractivity contribution in [2.45, 2.75) is 72.9 Å². The van der Waals surface area contributed by atoms with Gasteiger partial charge < -0.3 is 5.32 Å². The van der Waals surface area contributed by atoms with Gasteiger partial charge in [0.1, 0.15) is 0 Å². The molecule has 114 valence electrons. The van der Waals surface area contributed by atoms with E-state index in [4.69, 9.17) is 0 Å². The van der Waals surface area contributed by atoms with Crippen molar-refractivity contribution in [3.8, 4) is 0 Å². The summed E-state index contributed by atoms with van der Waals surface area (Å²) in [6.45, 7) is 14.0. The summed E-state index contributed by atoms with van der Waals surface area (Å²) in [6, 6.07) is 0.974. The van der Waals surface area contributed by atoms with E-state index in [-0.39, 0.29) is 0 Å². The number of nitrogens with zero attached hydrogens (tertiary/aromatic N) is 2. The summed E-state index contributed by atoms with van der Waals surface area (Å²) in [5, 5.41) is 8.21. The van der Waals surface area contributed by atoms with Crippen LogP contribution in [0.4, 0.5) is 0 Å². The molecular weight excluding hydrogens is 246 g/mol. The molecule has 1 aromatic heterocycles. The van der Waals surface area contributed by atoms with E-state index in [2.05, 4.69) is 52.0 Å². The van der Waals surface area contributed by atoms with E-state index in [9.17, 15) is 0 Å². The van der Waals surface area contributed by atoms with Crippen LogP contribution >= 0.6 is 0 Å². The van der Waals surface area contributed by atoms with Crippen molar-refractivity contribution in [1.82, 2.24) is 15.1 Å². The van der Waals surface area contributed by atoms with E-state index < -0.39 is 0 Å². The van der Waals surface area contributed by atoms with Crippen LogP contribution in [0.15, 0.2) is 6.20 Å². The number of aromatic nitrogens is 2. The highest BCUT2D eigenvalue weighted by atomic mass is 15.3. The van der Waals surface area contributed by atoms with Crippen molar-refractivity contribution >= 4 is 0 Å². The molecule has 1 N–H and O–H groups in total. The van der Waals surface area contributed by atoms with Crippen molar-refractivity contribution in [1.29, 1.82) is 0 Å². The van der Waals surface area contributed by atoms with Gasteiger partial charge in [-0.3, -0.25) is 4.68 Å². The highest BCUT2D eigenvalue weighted by molar-refractivity contribution is 5.20. The lowest BCUT2D eigenvalue weighted by Gasteiger charge is -2.46. The van der Waals surface area contributed by atoms with E-state index >= 15 is 0 Å². The van der Waals surface area contributed by atoms with Crippen LogP contribution in [0, 0.1) is 17.8 Å². The normalized spacial score (nSPS) is 23.8. The fraction of sp³-hybridized carbons (Fsp3) is 0.824. The lowest BCUT2D eigenvalue weighted by molar-refractivity contribution is 0.0811. The molecule has 1 unspecified atom stereocenters. The molecule has 0 bridgehead atoms. The van der Waals surface area contributed by atoms with Gasteiger partial charge in [0.15, 0.2) is 0 Å². The molecule has 1 heterocycles. The molecular formula is C17H31N3. The van der Waals surface area contributed by atoms with Gasteiger partial charge in [0.2, 0.25) is 0 Å². The van der Waals surface area contributed by atoms with Crippen LogP contribution in [-0.4, -0.2) is 15.8 Å². The zero-order valence-electron chi connectivity index (χ0n) is 14.2. The number of hydrogen-bond donors (Lipinski definition) is 1. The Labute approximate surface area is 124 Å². The van der Waals surface area contributed by atoms with Crippen LogP contribution in [0.25, 0.3) is 0 Å². The summed E-state index contributed by atoms with van der Waals surface area (Å²) in [5.41, 5.74) is 3.46. The quantitative estimate of drug-likeness (QED) is 0.905. The van der Waals surface area contributed by atoms with Crippen LogP contribution in [0.3, 0.4) is 0 Å². The molecule has 2 rings (SSSR count). The molecule has 0 aromatic carbocycles. The average molecular weight is 277 g/mol. The molecule has 1 aliphatic rings. The predicted octanol–water partition coefficient (Wildman–Crippen LogP) is 3.98. The second-order valence-electron chi connectivity index (χ2n) is 8.31. The average Bonchev–Trinajstić information content (AvgIpc) is 2.54. The summed E-state index contributed by atoms with van der Waals surface area (Å²) in [5.74, 6) is 0. The maximum absolute atomic E-state index is 4.36. The molecule has 0 aliphatic heterocycles. The zero-order valence-corrected chi connectivity index (χ0v) is 14.2. The molecule has 1 fully saturated rings. The third-order valence-electron chi connectivity index (χ3n) is 4.78. The van der Waals surface area contributed by atoms with Gasteiger partial charge in [-0.25, -0.2) is 0 Å². The van der Waals surface area contributed by atoms with Gasteiger partial charge in [-0.15, -0.1) is 0 Å². The Morgan fingerprint density at radius 3 is 2.25 bits per heavy atom. The van der Waals surface area contributed by atoms with Crippen molar-refractivity contribution < 1.29 is 0 Å². The summed E-state index contributed by atoms with van der Waals surface area (Å²) in [6.07, 6.45) is 5.85. The van der Waals surface area contributed by atoms with Gasteiger partial charge in [0.05, 0.1) is 6.20 Å². The van der Waals surface area contributed by atoms with Crippen molar-refractivity contribution in [3.05, 3.63) is 17.5 Å². The van der Waals surface area contributed by atoms with Crippen LogP contribution in [0.1, 0.15) is 71.2 Å². The van der Waals surface area contributed by atoms with E-state index in [0.717, 1.165) is 0 Å². The molecule has 1 atom stereocenters. The molecule has 0 spiro atoms. The smallest absolute Gasteiger partial charge is 0.0540 e. The first-order valence-corrected chi connectivity index (χ1v) is 7.84. The Balaban J connectivity index is 2.07. The predicted molar refractivity (Wildman–Crippen MR) is 84.7 cm³/mol. The third-order valence-corrected chi connectivity index (χ3v) is 4.78. The Bertz CT molecular complexity index is 455. The van der Waals surface area contributed by atoms with Crippen LogP contribution < -0.4 is 5.32 Å². The SMILES string of the molecule is Cc1c(C(C)NC2CC(C)(C)CC(C)(C)C2)cnn1C. The Morgan fingerprint density at radius 2 is 1.80 bits per heavy atom. The largest absolute Gasteiger partial charge is 0.307 e. The molecule has 3 nitrogen and oxygen atoms in total. The number of nitrogens with one attached hydrogen (secondary N) is 1. The summed E-state index contributed by atoms with van der Waals surface area (Å²) in [7, 11) is 2.01. The zero-order chi connectivity index (χ0) is 15.1. The monoisotopic (exact) mass is 277 g/mol. The standard InChI is InChI=1S/C17H31N3/c1-12(15-10-18-20(7)13(15)2)19-14-8-16(3,4)11-17(5,6)9-14/h10,12,14,19H,8-9,11H2,1-7H3. The lowest BCUT2D eigenvalue weighted by Crippen LogP contribution is -2.44. The first-order valence-electron chi connectivity index (χ1n) is 7.84. The third kappa shape index (κ3) is 3.43. The van der Waals surface area contributed by atoms with Gasteiger partial charge in [0, 0.05) is 30.4 Å². The van der Waals surface area contributed by atoms with Gasteiger partial charge >= 0.3 is 0 Å². The second kappa shape index (κ2) is 5.18. The van der Waals surface area contributed by atoms with E-state index in [1.54, 1.807) is 0 Å². The Hall–Kier alpha value is -0.830. The van der Waals surface area contributed by atoms with Crippen LogP contribution in [-0.2, 0) is 7.05 Å². The minimum Gasteiger partial charge on any atom is -0.307 e. The number of rotatable bonds is 3. The highest BCUT2D eigenvalue weighted by Gasteiger charge is 2.38. The van der Waals surface area contributed by atoms with E-state index in [1.165, 1.54) is 30.5 Å². The van der Waals surface area contributed by atoms with Gasteiger partial charge in [-0.2, -0.15) is 5.10 Å². The number of hydrogen-bond acceptors (Lipinski definition) is 2. The summed E-state index contributed by atoms with van der Waals surface area (Å²) >= 11 is 0. The molecule has 0 amide bonds.